The van der Waals surface area contributed by atoms with Crippen LogP contribution in [0.4, 0.5) is 0 Å². The molecule has 4 nitrogen and oxygen atoms in total. The number of hydrogen-bond donors (Lipinski definition) is 1. The molecular formula is C20H38N2O2SSi. The van der Waals surface area contributed by atoms with Crippen molar-refractivity contribution in [1.29, 1.82) is 0 Å². The van der Waals surface area contributed by atoms with E-state index < -0.39 is 19.7 Å². The van der Waals surface area contributed by atoms with Crippen molar-refractivity contribution in [1.82, 2.24) is 9.71 Å². The number of nitrogens with zero attached hydrogens (tertiary/aromatic N) is 1. The number of rotatable bonds is 8. The first-order valence-electron chi connectivity index (χ1n) is 9.48. The van der Waals surface area contributed by atoms with Crippen LogP contribution in [0.2, 0.25) is 18.1 Å². The number of aromatic nitrogens is 1. The highest BCUT2D eigenvalue weighted by Gasteiger charge is 2.37. The summed E-state index contributed by atoms with van der Waals surface area (Å²) in [6, 6.07) is 6.04. The fourth-order valence-electron chi connectivity index (χ4n) is 2.33. The Bertz CT molecular complexity index is 541. The summed E-state index contributed by atoms with van der Waals surface area (Å²) in [7, 11) is -1.77. The molecule has 0 fully saturated rings. The Morgan fingerprint density at radius 3 is 2.27 bits per heavy atom. The normalized spacial score (nSPS) is 17.0. The van der Waals surface area contributed by atoms with Gasteiger partial charge in [-0.15, -0.1) is 4.72 Å². The van der Waals surface area contributed by atoms with E-state index in [2.05, 4.69) is 56.6 Å². The van der Waals surface area contributed by atoms with Crippen molar-refractivity contribution < 1.29 is 8.98 Å². The van der Waals surface area contributed by atoms with Gasteiger partial charge in [-0.25, -0.2) is 0 Å². The highest BCUT2D eigenvalue weighted by atomic mass is 32.2. The molecule has 1 aromatic rings. The molecule has 1 heterocycles. The minimum absolute atomic E-state index is 0.0490. The van der Waals surface area contributed by atoms with E-state index in [1.165, 1.54) is 0 Å². The van der Waals surface area contributed by atoms with Crippen molar-refractivity contribution in [2.45, 2.75) is 89.7 Å². The largest absolute Gasteiger partial charge is 0.598 e. The van der Waals surface area contributed by atoms with Crippen LogP contribution in [0.3, 0.4) is 0 Å². The molecule has 6 heteroatoms. The number of pyridine rings is 1. The molecular weight excluding hydrogens is 360 g/mol. The zero-order chi connectivity index (χ0) is 20.2. The van der Waals surface area contributed by atoms with Gasteiger partial charge >= 0.3 is 0 Å². The van der Waals surface area contributed by atoms with E-state index in [1.807, 2.05) is 39.1 Å². The van der Waals surface area contributed by atoms with Gasteiger partial charge in [-0.2, -0.15) is 0 Å². The molecule has 0 saturated carbocycles. The third-order valence-electron chi connectivity index (χ3n) is 5.22. The second-order valence-corrected chi connectivity index (χ2v) is 16.4. The van der Waals surface area contributed by atoms with Crippen LogP contribution in [0.5, 0.6) is 0 Å². The lowest BCUT2D eigenvalue weighted by molar-refractivity contribution is 0.262. The van der Waals surface area contributed by atoms with Gasteiger partial charge in [0.25, 0.3) is 0 Å². The van der Waals surface area contributed by atoms with E-state index >= 15 is 0 Å². The summed E-state index contributed by atoms with van der Waals surface area (Å²) >= 11 is -1.11. The maximum atomic E-state index is 12.5. The number of nitrogens with one attached hydrogen (secondary N) is 1. The van der Waals surface area contributed by atoms with E-state index in [9.17, 15) is 4.55 Å². The van der Waals surface area contributed by atoms with Crippen LogP contribution >= 0.6 is 0 Å². The Kier molecular flexibility index (Phi) is 8.36. The molecule has 1 unspecified atom stereocenters. The van der Waals surface area contributed by atoms with E-state index in [-0.39, 0.29) is 21.7 Å². The standard InChI is InChI=1S/C20H38N2O2SSi/c1-16(22-25(23)19(2,3)4)17(18-12-10-11-14-21-18)13-15-24-26(8,9)20(5,6)7/h10-12,14,16-17,22H,13,15H2,1-9H3/t16-,17?,25+/m1/s1. The van der Waals surface area contributed by atoms with Gasteiger partial charge in [0.15, 0.2) is 8.32 Å². The zero-order valence-corrected chi connectivity index (χ0v) is 19.9. The van der Waals surface area contributed by atoms with Gasteiger partial charge in [0.2, 0.25) is 0 Å². The third kappa shape index (κ3) is 6.96. The summed E-state index contributed by atoms with van der Waals surface area (Å²) in [5.41, 5.74) is 1.03. The van der Waals surface area contributed by atoms with Crippen LogP contribution < -0.4 is 4.72 Å². The SMILES string of the molecule is C[C@@H](N[S@@+]([O-])C(C)(C)C)C(CCO[Si](C)(C)C(C)(C)C)c1ccccn1. The fraction of sp³-hybridized carbons (Fsp3) is 0.750. The molecule has 0 aliphatic rings. The highest BCUT2D eigenvalue weighted by Crippen LogP contribution is 2.37. The molecule has 1 rings (SSSR count). The lowest BCUT2D eigenvalue weighted by Crippen LogP contribution is -2.46. The molecule has 1 aromatic heterocycles. The molecule has 0 bridgehead atoms. The van der Waals surface area contributed by atoms with E-state index in [4.69, 9.17) is 4.43 Å². The van der Waals surface area contributed by atoms with Crippen molar-refractivity contribution in [2.24, 2.45) is 0 Å². The first-order valence-corrected chi connectivity index (χ1v) is 13.5. The average Bonchev–Trinajstić information content (AvgIpc) is 2.50. The van der Waals surface area contributed by atoms with Gasteiger partial charge in [-0.05, 0) is 64.4 Å². The Morgan fingerprint density at radius 1 is 1.19 bits per heavy atom. The Morgan fingerprint density at radius 2 is 1.81 bits per heavy atom. The highest BCUT2D eigenvalue weighted by molar-refractivity contribution is 7.90. The van der Waals surface area contributed by atoms with Crippen LogP contribution in [0.15, 0.2) is 24.4 Å². The summed E-state index contributed by atoms with van der Waals surface area (Å²) in [4.78, 5) is 4.55. The van der Waals surface area contributed by atoms with Gasteiger partial charge in [-0.1, -0.05) is 26.8 Å². The van der Waals surface area contributed by atoms with Gasteiger partial charge in [0, 0.05) is 35.8 Å². The minimum atomic E-state index is -1.77. The minimum Gasteiger partial charge on any atom is -0.598 e. The predicted molar refractivity (Wildman–Crippen MR) is 115 cm³/mol. The number of hydrogen-bond acceptors (Lipinski definition) is 4. The summed E-state index contributed by atoms with van der Waals surface area (Å²) < 4.78 is 21.9. The monoisotopic (exact) mass is 398 g/mol. The molecule has 0 amide bonds. The van der Waals surface area contributed by atoms with Crippen molar-refractivity contribution in [3.05, 3.63) is 30.1 Å². The van der Waals surface area contributed by atoms with Crippen molar-refractivity contribution in [3.8, 4) is 0 Å². The molecule has 1 N–H and O–H groups in total. The molecule has 26 heavy (non-hydrogen) atoms. The molecule has 0 aliphatic heterocycles. The first kappa shape index (κ1) is 23.6. The van der Waals surface area contributed by atoms with E-state index in [1.54, 1.807) is 0 Å². The topological polar surface area (TPSA) is 57.2 Å². The lowest BCUT2D eigenvalue weighted by Gasteiger charge is -2.37. The van der Waals surface area contributed by atoms with Gasteiger partial charge < -0.3 is 8.98 Å². The predicted octanol–water partition coefficient (Wildman–Crippen LogP) is 5.02. The smallest absolute Gasteiger partial charge is 0.191 e. The molecule has 3 atom stereocenters. The van der Waals surface area contributed by atoms with Crippen LogP contribution in [-0.4, -0.2) is 35.2 Å². The van der Waals surface area contributed by atoms with Gasteiger partial charge in [-0.3, -0.25) is 4.98 Å². The average molecular weight is 399 g/mol. The summed E-state index contributed by atoms with van der Waals surface area (Å²) in [5.74, 6) is 0.160. The van der Waals surface area contributed by atoms with Crippen molar-refractivity contribution >= 4 is 19.7 Å². The summed E-state index contributed by atoms with van der Waals surface area (Å²) in [6.45, 7) is 20.1. The Labute approximate surface area is 165 Å². The van der Waals surface area contributed by atoms with Gasteiger partial charge in [0.1, 0.15) is 4.75 Å². The van der Waals surface area contributed by atoms with E-state index in [0.717, 1.165) is 12.1 Å². The Balaban J connectivity index is 2.84. The van der Waals surface area contributed by atoms with Crippen LogP contribution in [0, 0.1) is 0 Å². The summed E-state index contributed by atoms with van der Waals surface area (Å²) in [5, 5.41) is 0.199. The maximum absolute atomic E-state index is 12.5. The Hall–Kier alpha value is -0.403. The molecule has 150 valence electrons. The molecule has 0 radical (unpaired) electrons. The lowest BCUT2D eigenvalue weighted by atomic mass is 9.94. The quantitative estimate of drug-likeness (QED) is 0.493. The molecule has 0 aliphatic carbocycles. The maximum Gasteiger partial charge on any atom is 0.191 e. The first-order chi connectivity index (χ1) is 11.8. The third-order valence-corrected chi connectivity index (χ3v) is 11.5. The van der Waals surface area contributed by atoms with Crippen LogP contribution in [0.1, 0.15) is 66.5 Å². The van der Waals surface area contributed by atoms with Crippen molar-refractivity contribution in [2.75, 3.05) is 6.61 Å². The van der Waals surface area contributed by atoms with E-state index in [0.29, 0.717) is 6.61 Å². The zero-order valence-electron chi connectivity index (χ0n) is 18.1. The van der Waals surface area contributed by atoms with Crippen LogP contribution in [0.25, 0.3) is 0 Å². The van der Waals surface area contributed by atoms with Crippen LogP contribution in [-0.2, 0) is 15.8 Å². The second-order valence-electron chi connectivity index (χ2n) is 9.55. The second kappa shape index (κ2) is 9.19. The fourth-order valence-corrected chi connectivity index (χ4v) is 4.25. The molecule has 0 aromatic carbocycles. The van der Waals surface area contributed by atoms with Gasteiger partial charge in [0.05, 0.1) is 6.04 Å². The summed E-state index contributed by atoms with van der Waals surface area (Å²) in [6.07, 6.45) is 2.68. The molecule has 0 saturated heterocycles. The van der Waals surface area contributed by atoms with Crippen molar-refractivity contribution in [3.63, 3.8) is 0 Å². The molecule has 0 spiro atoms.